The van der Waals surface area contributed by atoms with Crippen LogP contribution in [0.15, 0.2) is 36.4 Å². The quantitative estimate of drug-likeness (QED) is 0.738. The Bertz CT molecular complexity index is 584. The Labute approximate surface area is 136 Å². The van der Waals surface area contributed by atoms with Crippen LogP contribution < -0.4 is 10.6 Å². The zero-order valence-electron chi connectivity index (χ0n) is 10.4. The van der Waals surface area contributed by atoms with Gasteiger partial charge in [-0.05, 0) is 31.2 Å². The van der Waals surface area contributed by atoms with Crippen molar-refractivity contribution in [3.63, 3.8) is 0 Å². The molecule has 0 fully saturated rings. The Hall–Kier alpha value is -0.00688. The monoisotopic (exact) mass is 412 g/mol. The van der Waals surface area contributed by atoms with Crippen LogP contribution in [0.25, 0.3) is 0 Å². The van der Waals surface area contributed by atoms with Gasteiger partial charge in [0.15, 0.2) is 0 Å². The number of phenols is 1. The molecule has 2 rings (SSSR count). The third-order valence-electron chi connectivity index (χ3n) is 2.35. The van der Waals surface area contributed by atoms with Gasteiger partial charge in [-0.2, -0.15) is 0 Å². The molecule has 0 radical (unpaired) electrons. The number of aryl methyl sites for hydroxylation is 1. The minimum absolute atomic E-state index is 0.0245. The van der Waals surface area contributed by atoms with E-state index >= 15 is 0 Å². The van der Waals surface area contributed by atoms with Crippen molar-refractivity contribution >= 4 is 36.2 Å². The van der Waals surface area contributed by atoms with Crippen molar-refractivity contribution in [3.8, 4) is 5.75 Å². The van der Waals surface area contributed by atoms with Crippen LogP contribution in [0, 0.1) is 18.6 Å². The Kier molecular flexibility index (Phi) is 8.21. The van der Waals surface area contributed by atoms with Crippen molar-refractivity contribution in [1.29, 1.82) is 0 Å². The Balaban J connectivity index is 0.000000612. The molecule has 1 nitrogen and oxygen atoms in total. The summed E-state index contributed by atoms with van der Waals surface area (Å²) in [5, 5.41) is 10.7. The number of benzene rings is 2. The molecule has 0 bridgehead atoms. The molecular formula is C13H11Cl2F2OPZr. The number of hydrogen-bond acceptors (Lipinski definition) is 1. The fraction of sp³-hybridized carbons (Fsp3) is 0.0769. The van der Waals surface area contributed by atoms with Crippen molar-refractivity contribution < 1.29 is 34.7 Å². The molecule has 1 atom stereocenters. The van der Waals surface area contributed by atoms with E-state index in [0.29, 0.717) is 10.6 Å². The number of phenolic OH excluding ortho intramolecular Hbond substituents is 1. The minimum atomic E-state index is -0.826. The summed E-state index contributed by atoms with van der Waals surface area (Å²) in [6.45, 7) is 1.90. The molecule has 1 N–H and O–H groups in total. The molecule has 0 spiro atoms. The van der Waals surface area contributed by atoms with E-state index in [0.717, 1.165) is 11.6 Å². The average Bonchev–Trinajstić information content (AvgIpc) is 2.38. The molecule has 0 heterocycles. The van der Waals surface area contributed by atoms with E-state index in [2.05, 4.69) is 0 Å². The summed E-state index contributed by atoms with van der Waals surface area (Å²) in [6, 6.07) is 8.65. The van der Waals surface area contributed by atoms with Crippen LogP contribution in [0.3, 0.4) is 0 Å². The fourth-order valence-corrected chi connectivity index (χ4v) is 2.65. The van der Waals surface area contributed by atoms with Gasteiger partial charge in [0.1, 0.15) is 17.4 Å². The first-order valence-electron chi connectivity index (χ1n) is 5.46. The summed E-state index contributed by atoms with van der Waals surface area (Å²) in [5.41, 5.74) is 0.993. The van der Waals surface area contributed by atoms with E-state index < -0.39 is 32.5 Å². The van der Waals surface area contributed by atoms with Gasteiger partial charge in [-0.3, -0.25) is 0 Å². The van der Waals surface area contributed by atoms with Gasteiger partial charge in [0.2, 0.25) is 0 Å². The van der Waals surface area contributed by atoms with Gasteiger partial charge >= 0.3 is 37.9 Å². The predicted octanol–water partition coefficient (Wildman–Crippen LogP) is 3.98. The third-order valence-corrected chi connectivity index (χ3v) is 3.70. The van der Waals surface area contributed by atoms with Crippen molar-refractivity contribution in [2.75, 3.05) is 0 Å². The summed E-state index contributed by atoms with van der Waals surface area (Å²) < 4.78 is 26.2. The maximum absolute atomic E-state index is 13.5. The van der Waals surface area contributed by atoms with Crippen LogP contribution in [-0.2, 0) is 20.8 Å². The van der Waals surface area contributed by atoms with E-state index in [9.17, 15) is 13.9 Å². The molecule has 20 heavy (non-hydrogen) atoms. The molecule has 0 aromatic heterocycles. The second-order valence-corrected chi connectivity index (χ2v) is 8.90. The van der Waals surface area contributed by atoms with Crippen LogP contribution >= 0.6 is 25.6 Å². The van der Waals surface area contributed by atoms with Gasteiger partial charge in [0.05, 0.1) is 0 Å². The van der Waals surface area contributed by atoms with E-state index in [4.69, 9.17) is 17.0 Å². The first-order valence-corrected chi connectivity index (χ1v) is 12.8. The molecular weight excluding hydrogens is 403 g/mol. The van der Waals surface area contributed by atoms with Gasteiger partial charge in [-0.25, -0.2) is 8.78 Å². The molecule has 106 valence electrons. The number of hydrogen-bond donors (Lipinski definition) is 1. The summed E-state index contributed by atoms with van der Waals surface area (Å²) in [5.74, 6) is -1.04. The van der Waals surface area contributed by atoms with Crippen molar-refractivity contribution in [2.24, 2.45) is 0 Å². The van der Waals surface area contributed by atoms with Crippen LogP contribution in [0.4, 0.5) is 8.78 Å². The first-order chi connectivity index (χ1) is 9.47. The number of rotatable bonds is 2. The molecule has 0 aliphatic heterocycles. The second kappa shape index (κ2) is 9.10. The molecule has 0 aliphatic carbocycles. The molecule has 0 saturated carbocycles. The third kappa shape index (κ3) is 5.78. The van der Waals surface area contributed by atoms with E-state index in [1.807, 2.05) is 6.92 Å². The summed E-state index contributed by atoms with van der Waals surface area (Å²) in [7, 11) is 9.84. The Morgan fingerprint density at radius 3 is 2.30 bits per heavy atom. The van der Waals surface area contributed by atoms with Crippen LogP contribution in [0.5, 0.6) is 5.75 Å². The van der Waals surface area contributed by atoms with Crippen LogP contribution in [0.2, 0.25) is 0 Å². The van der Waals surface area contributed by atoms with Crippen molar-refractivity contribution in [2.45, 2.75) is 6.92 Å². The van der Waals surface area contributed by atoms with Gasteiger partial charge < -0.3 is 5.11 Å². The van der Waals surface area contributed by atoms with Crippen LogP contribution in [-0.4, -0.2) is 5.11 Å². The molecule has 2 aromatic rings. The molecule has 0 saturated heterocycles. The van der Waals surface area contributed by atoms with Gasteiger partial charge in [-0.15, -0.1) is 0 Å². The second-order valence-electron chi connectivity index (χ2n) is 3.84. The zero-order chi connectivity index (χ0) is 15.1. The van der Waals surface area contributed by atoms with E-state index in [-0.39, 0.29) is 14.3 Å². The predicted molar refractivity (Wildman–Crippen MR) is 78.5 cm³/mol. The molecule has 2 aromatic carbocycles. The van der Waals surface area contributed by atoms with Crippen molar-refractivity contribution in [3.05, 3.63) is 53.6 Å². The van der Waals surface area contributed by atoms with Gasteiger partial charge in [0.25, 0.3) is 0 Å². The van der Waals surface area contributed by atoms with Gasteiger partial charge in [0, 0.05) is 16.7 Å². The first kappa shape index (κ1) is 18.0. The fourth-order valence-electron chi connectivity index (χ4n) is 1.49. The van der Waals surface area contributed by atoms with Gasteiger partial charge in [-0.1, -0.05) is 20.2 Å². The van der Waals surface area contributed by atoms with Crippen molar-refractivity contribution in [1.82, 2.24) is 0 Å². The Morgan fingerprint density at radius 1 is 1.05 bits per heavy atom. The summed E-state index contributed by atoms with van der Waals surface area (Å²) in [6.07, 6.45) is 0. The SMILES string of the molecule is Cc1ccc(O)c(Pc2ccc(F)cc2F)c1.[Cl][Zr][Cl]. The number of halogens is 4. The standard InChI is InChI=1S/C13H11F2OP.2ClH.Zr/c1-8-2-4-11(16)13(6-8)17-12-5-3-9(14)7-10(12)15;;;/h2-7,16-17H,1H3;2*1H;/q;;;+2/p-2. The topological polar surface area (TPSA) is 20.2 Å². The molecule has 1 unspecified atom stereocenters. The van der Waals surface area contributed by atoms with E-state index in [1.165, 1.54) is 12.1 Å². The normalized spacial score (nSPS) is 10.2. The number of aromatic hydroxyl groups is 1. The molecule has 7 heteroatoms. The maximum atomic E-state index is 13.5. The zero-order valence-corrected chi connectivity index (χ0v) is 15.4. The molecule has 0 amide bonds. The molecule has 0 aliphatic rings. The summed E-state index contributed by atoms with van der Waals surface area (Å²) in [4.78, 5) is 0. The van der Waals surface area contributed by atoms with E-state index in [1.54, 1.807) is 18.2 Å². The van der Waals surface area contributed by atoms with Crippen LogP contribution in [0.1, 0.15) is 5.56 Å². The summed E-state index contributed by atoms with van der Waals surface area (Å²) >= 11 is -0.826. The average molecular weight is 414 g/mol. The Morgan fingerprint density at radius 2 is 1.70 bits per heavy atom.